The number of aryl methyl sites for hydroxylation is 2. The van der Waals surface area contributed by atoms with Crippen molar-refractivity contribution in [1.29, 1.82) is 0 Å². The average molecular weight is 235 g/mol. The summed E-state index contributed by atoms with van der Waals surface area (Å²) in [5, 5.41) is 1.17. The van der Waals surface area contributed by atoms with E-state index in [0.717, 1.165) is 17.5 Å². The van der Waals surface area contributed by atoms with Crippen molar-refractivity contribution in [2.75, 3.05) is 5.73 Å². The lowest BCUT2D eigenvalue weighted by Crippen LogP contribution is -2.02. The maximum Gasteiger partial charge on any atom is 0.128 e. The van der Waals surface area contributed by atoms with Crippen LogP contribution in [0.1, 0.15) is 23.6 Å². The third-order valence-electron chi connectivity index (χ3n) is 2.88. The Bertz CT molecular complexity index is 535. The van der Waals surface area contributed by atoms with Crippen molar-refractivity contribution in [2.24, 2.45) is 0 Å². The summed E-state index contributed by atoms with van der Waals surface area (Å²) >= 11 is 5.94. The van der Waals surface area contributed by atoms with Gasteiger partial charge in [0.1, 0.15) is 5.82 Å². The first-order valence-corrected chi connectivity index (χ1v) is 5.94. The highest BCUT2D eigenvalue weighted by molar-refractivity contribution is 6.17. The van der Waals surface area contributed by atoms with Crippen LogP contribution in [0.2, 0.25) is 0 Å². The highest BCUT2D eigenvalue weighted by Gasteiger charge is 2.10. The zero-order valence-corrected chi connectivity index (χ0v) is 10.3. The van der Waals surface area contributed by atoms with Crippen LogP contribution in [0.25, 0.3) is 10.9 Å². The van der Waals surface area contributed by atoms with Crippen molar-refractivity contribution >= 4 is 28.3 Å². The van der Waals surface area contributed by atoms with Crippen LogP contribution in [0.15, 0.2) is 18.2 Å². The Morgan fingerprint density at radius 2 is 2.06 bits per heavy atom. The molecule has 3 heteroatoms. The lowest BCUT2D eigenvalue weighted by molar-refractivity contribution is 1.11. The van der Waals surface area contributed by atoms with Gasteiger partial charge in [-0.3, -0.25) is 0 Å². The number of nitrogens with zero attached hydrogens (tertiary/aromatic N) is 1. The zero-order chi connectivity index (χ0) is 11.7. The molecule has 0 fully saturated rings. The Morgan fingerprint density at radius 3 is 2.69 bits per heavy atom. The number of nitrogen functional groups attached to an aromatic ring is 1. The number of nitrogens with two attached hydrogens (primary N) is 1. The molecule has 0 radical (unpaired) electrons. The van der Waals surface area contributed by atoms with E-state index in [9.17, 15) is 0 Å². The van der Waals surface area contributed by atoms with Gasteiger partial charge in [-0.25, -0.2) is 4.98 Å². The summed E-state index contributed by atoms with van der Waals surface area (Å²) in [5.41, 5.74) is 10.3. The molecule has 0 aliphatic carbocycles. The summed E-state index contributed by atoms with van der Waals surface area (Å²) in [5.74, 6) is 0.981. The molecular weight excluding hydrogens is 220 g/mol. The van der Waals surface area contributed by atoms with Crippen molar-refractivity contribution in [1.82, 2.24) is 4.98 Å². The lowest BCUT2D eigenvalue weighted by Gasteiger charge is -2.12. The number of rotatable bonds is 2. The van der Waals surface area contributed by atoms with E-state index >= 15 is 0 Å². The number of aromatic nitrogens is 1. The standard InChI is InChI=1S/C13H15ClN2/c1-3-9-10-6-8(2)4-5-12(10)16-13(15)11(9)7-14/h4-6H,3,7H2,1-2H3,(H2,15,16). The van der Waals surface area contributed by atoms with Gasteiger partial charge in [0.05, 0.1) is 11.4 Å². The zero-order valence-electron chi connectivity index (χ0n) is 9.55. The molecule has 1 heterocycles. The largest absolute Gasteiger partial charge is 0.383 e. The highest BCUT2D eigenvalue weighted by atomic mass is 35.5. The molecule has 0 amide bonds. The molecule has 0 aliphatic heterocycles. The van der Waals surface area contributed by atoms with Crippen LogP contribution in [0.4, 0.5) is 5.82 Å². The van der Waals surface area contributed by atoms with Crippen molar-refractivity contribution in [2.45, 2.75) is 26.1 Å². The van der Waals surface area contributed by atoms with Crippen LogP contribution in [0.5, 0.6) is 0 Å². The minimum Gasteiger partial charge on any atom is -0.383 e. The van der Waals surface area contributed by atoms with E-state index < -0.39 is 0 Å². The number of benzene rings is 1. The molecule has 1 aromatic carbocycles. The quantitative estimate of drug-likeness (QED) is 0.809. The fourth-order valence-electron chi connectivity index (χ4n) is 2.06. The number of hydrogen-bond donors (Lipinski definition) is 1. The summed E-state index contributed by atoms with van der Waals surface area (Å²) in [6.07, 6.45) is 0.925. The number of anilines is 1. The molecule has 0 saturated heterocycles. The summed E-state index contributed by atoms with van der Waals surface area (Å²) in [6.45, 7) is 4.20. The van der Waals surface area contributed by atoms with Gasteiger partial charge in [-0.05, 0) is 31.0 Å². The topological polar surface area (TPSA) is 38.9 Å². The van der Waals surface area contributed by atoms with Crippen molar-refractivity contribution < 1.29 is 0 Å². The molecular formula is C13H15ClN2. The van der Waals surface area contributed by atoms with Crippen LogP contribution < -0.4 is 5.73 Å². The van der Waals surface area contributed by atoms with E-state index in [1.54, 1.807) is 0 Å². The molecule has 1 aromatic heterocycles. The third-order valence-corrected chi connectivity index (χ3v) is 3.15. The molecule has 0 aliphatic rings. The van der Waals surface area contributed by atoms with Gasteiger partial charge in [0, 0.05) is 10.9 Å². The number of hydrogen-bond acceptors (Lipinski definition) is 2. The molecule has 0 bridgehead atoms. The van der Waals surface area contributed by atoms with Crippen LogP contribution in [0.3, 0.4) is 0 Å². The van der Waals surface area contributed by atoms with Crippen molar-refractivity contribution in [3.63, 3.8) is 0 Å². The second-order valence-electron chi connectivity index (χ2n) is 3.96. The predicted octanol–water partition coefficient (Wildman–Crippen LogP) is 3.43. The minimum atomic E-state index is 0.423. The summed E-state index contributed by atoms with van der Waals surface area (Å²) in [6, 6.07) is 6.21. The fraction of sp³-hybridized carbons (Fsp3) is 0.308. The number of pyridine rings is 1. The molecule has 0 unspecified atom stereocenters. The Labute approximate surface area is 100 Å². The molecule has 16 heavy (non-hydrogen) atoms. The van der Waals surface area contributed by atoms with Gasteiger partial charge in [-0.2, -0.15) is 0 Å². The van der Waals surface area contributed by atoms with Gasteiger partial charge in [0.2, 0.25) is 0 Å². The summed E-state index contributed by atoms with van der Waals surface area (Å²) in [4.78, 5) is 4.39. The van der Waals surface area contributed by atoms with E-state index in [0.29, 0.717) is 11.7 Å². The van der Waals surface area contributed by atoms with Crippen molar-refractivity contribution in [3.8, 4) is 0 Å². The second kappa shape index (κ2) is 4.30. The molecule has 2 rings (SSSR count). The Morgan fingerprint density at radius 1 is 1.31 bits per heavy atom. The van der Waals surface area contributed by atoms with Gasteiger partial charge in [0.15, 0.2) is 0 Å². The number of alkyl halides is 1. The Balaban J connectivity index is 2.86. The highest BCUT2D eigenvalue weighted by Crippen LogP contribution is 2.27. The van der Waals surface area contributed by atoms with E-state index in [1.165, 1.54) is 16.5 Å². The van der Waals surface area contributed by atoms with Crippen LogP contribution in [-0.4, -0.2) is 4.98 Å². The maximum absolute atomic E-state index is 5.94. The first-order chi connectivity index (χ1) is 7.67. The number of fused-ring (bicyclic) bond motifs is 1. The Hall–Kier alpha value is -1.28. The molecule has 84 valence electrons. The van der Waals surface area contributed by atoms with Gasteiger partial charge >= 0.3 is 0 Å². The smallest absolute Gasteiger partial charge is 0.128 e. The third kappa shape index (κ3) is 1.74. The average Bonchev–Trinajstić information content (AvgIpc) is 2.28. The minimum absolute atomic E-state index is 0.423. The van der Waals surface area contributed by atoms with E-state index in [-0.39, 0.29) is 0 Å². The fourth-order valence-corrected chi connectivity index (χ4v) is 2.35. The van der Waals surface area contributed by atoms with Gasteiger partial charge in [-0.1, -0.05) is 18.6 Å². The molecule has 0 spiro atoms. The van der Waals surface area contributed by atoms with E-state index in [2.05, 4.69) is 31.0 Å². The van der Waals surface area contributed by atoms with Crippen LogP contribution in [0, 0.1) is 6.92 Å². The first kappa shape index (κ1) is 11.2. The summed E-state index contributed by atoms with van der Waals surface area (Å²) in [7, 11) is 0. The van der Waals surface area contributed by atoms with Gasteiger partial charge in [0.25, 0.3) is 0 Å². The van der Waals surface area contributed by atoms with Crippen LogP contribution >= 0.6 is 11.6 Å². The normalized spacial score (nSPS) is 10.9. The molecule has 2 nitrogen and oxygen atoms in total. The monoisotopic (exact) mass is 234 g/mol. The van der Waals surface area contributed by atoms with E-state index in [4.69, 9.17) is 17.3 Å². The molecule has 2 aromatic rings. The van der Waals surface area contributed by atoms with Crippen molar-refractivity contribution in [3.05, 3.63) is 34.9 Å². The number of halogens is 1. The molecule has 0 saturated carbocycles. The maximum atomic E-state index is 5.94. The van der Waals surface area contributed by atoms with Gasteiger partial charge < -0.3 is 5.73 Å². The molecule has 2 N–H and O–H groups in total. The van der Waals surface area contributed by atoms with Gasteiger partial charge in [-0.15, -0.1) is 11.6 Å². The Kier molecular flexibility index (Phi) is 3.01. The lowest BCUT2D eigenvalue weighted by atomic mass is 10.00. The molecule has 0 atom stereocenters. The second-order valence-corrected chi connectivity index (χ2v) is 4.23. The first-order valence-electron chi connectivity index (χ1n) is 5.41. The predicted molar refractivity (Wildman–Crippen MR) is 69.8 cm³/mol. The summed E-state index contributed by atoms with van der Waals surface area (Å²) < 4.78 is 0. The van der Waals surface area contributed by atoms with Crippen LogP contribution in [-0.2, 0) is 12.3 Å². The SMILES string of the molecule is CCc1c(CCl)c(N)nc2ccc(C)cc12. The van der Waals surface area contributed by atoms with E-state index in [1.807, 2.05) is 6.07 Å².